The third kappa shape index (κ3) is 2.55. The number of ketones is 1. The van der Waals surface area contributed by atoms with Crippen LogP contribution < -0.4 is 0 Å². The highest BCUT2D eigenvalue weighted by atomic mass is 32.2. The van der Waals surface area contributed by atoms with Crippen molar-refractivity contribution in [2.45, 2.75) is 30.6 Å². The Kier molecular flexibility index (Phi) is 3.78. The third-order valence-corrected chi connectivity index (χ3v) is 6.23. The van der Waals surface area contributed by atoms with E-state index in [4.69, 9.17) is 5.11 Å². The van der Waals surface area contributed by atoms with E-state index in [1.54, 1.807) is 6.07 Å². The van der Waals surface area contributed by atoms with Gasteiger partial charge in [-0.15, -0.1) is 0 Å². The summed E-state index contributed by atoms with van der Waals surface area (Å²) in [6.07, 6.45) is 2.34. The molecule has 1 atom stereocenters. The van der Waals surface area contributed by atoms with Crippen LogP contribution in [0.1, 0.15) is 35.2 Å². The molecule has 3 rings (SSSR count). The van der Waals surface area contributed by atoms with Crippen LogP contribution in [0.5, 0.6) is 0 Å². The van der Waals surface area contributed by atoms with Crippen molar-refractivity contribution >= 4 is 21.8 Å². The fourth-order valence-electron chi connectivity index (χ4n) is 3.06. The fourth-order valence-corrected chi connectivity index (χ4v) is 4.59. The minimum Gasteiger partial charge on any atom is -0.481 e. The van der Waals surface area contributed by atoms with E-state index in [0.717, 1.165) is 18.4 Å². The number of carbonyl (C=O) groups is 2. The van der Waals surface area contributed by atoms with Gasteiger partial charge in [0.25, 0.3) is 0 Å². The number of aryl methyl sites for hydroxylation is 1. The Labute approximate surface area is 128 Å². The number of aliphatic carboxylic acids is 1. The molecule has 22 heavy (non-hydrogen) atoms. The van der Waals surface area contributed by atoms with Crippen LogP contribution in [0.25, 0.3) is 0 Å². The summed E-state index contributed by atoms with van der Waals surface area (Å²) < 4.78 is 26.4. The number of carboxylic acid groups (broad SMARTS) is 1. The molecule has 0 aromatic heterocycles. The second-order valence-corrected chi connectivity index (χ2v) is 7.72. The molecule has 0 amide bonds. The fraction of sp³-hybridized carbons (Fsp3) is 0.467. The topological polar surface area (TPSA) is 91.8 Å². The van der Waals surface area contributed by atoms with Crippen LogP contribution in [-0.2, 0) is 21.2 Å². The molecule has 118 valence electrons. The molecule has 0 saturated carbocycles. The van der Waals surface area contributed by atoms with Crippen molar-refractivity contribution in [1.29, 1.82) is 0 Å². The molecule has 7 heteroatoms. The molecule has 0 radical (unpaired) electrons. The largest absolute Gasteiger partial charge is 0.481 e. The van der Waals surface area contributed by atoms with Gasteiger partial charge in [-0.05, 0) is 37.0 Å². The van der Waals surface area contributed by atoms with E-state index < -0.39 is 21.9 Å². The second-order valence-electron chi connectivity index (χ2n) is 5.78. The summed E-state index contributed by atoms with van der Waals surface area (Å²) in [5, 5.41) is 8.99. The Morgan fingerprint density at radius 2 is 2.05 bits per heavy atom. The van der Waals surface area contributed by atoms with Crippen LogP contribution in [0, 0.1) is 5.92 Å². The molecule has 1 heterocycles. The van der Waals surface area contributed by atoms with Crippen molar-refractivity contribution < 1.29 is 23.1 Å². The second kappa shape index (κ2) is 5.48. The zero-order valence-electron chi connectivity index (χ0n) is 12.0. The number of rotatable bonds is 3. The summed E-state index contributed by atoms with van der Waals surface area (Å²) in [4.78, 5) is 23.0. The summed E-state index contributed by atoms with van der Waals surface area (Å²) >= 11 is 0. The summed E-state index contributed by atoms with van der Waals surface area (Å²) in [5.41, 5.74) is 1.38. The van der Waals surface area contributed by atoms with Crippen molar-refractivity contribution in [3.63, 3.8) is 0 Å². The lowest BCUT2D eigenvalue weighted by atomic mass is 9.91. The predicted octanol–water partition coefficient (Wildman–Crippen LogP) is 1.30. The zero-order chi connectivity index (χ0) is 15.9. The zero-order valence-corrected chi connectivity index (χ0v) is 12.8. The first-order valence-electron chi connectivity index (χ1n) is 7.28. The van der Waals surface area contributed by atoms with Crippen LogP contribution in [0.2, 0.25) is 0 Å². The van der Waals surface area contributed by atoms with E-state index >= 15 is 0 Å². The molecule has 1 aromatic carbocycles. The van der Waals surface area contributed by atoms with Gasteiger partial charge in [-0.1, -0.05) is 6.07 Å². The molecule has 1 unspecified atom stereocenters. The van der Waals surface area contributed by atoms with Crippen molar-refractivity contribution in [3.8, 4) is 0 Å². The van der Waals surface area contributed by atoms with E-state index in [-0.39, 0.29) is 23.8 Å². The van der Waals surface area contributed by atoms with Gasteiger partial charge in [0, 0.05) is 25.1 Å². The highest BCUT2D eigenvalue weighted by molar-refractivity contribution is 7.89. The highest BCUT2D eigenvalue weighted by Gasteiger charge is 2.36. The van der Waals surface area contributed by atoms with Crippen LogP contribution in [0.4, 0.5) is 0 Å². The first-order valence-corrected chi connectivity index (χ1v) is 8.72. The standard InChI is InChI=1S/C15H17NO5S/c17-14-3-1-2-10-4-5-12(8-13(10)14)22(20,21)16-7-6-11(9-16)15(18)19/h4-5,8,11H,1-3,6-7,9H2,(H,18,19). The number of carboxylic acids is 1. The minimum absolute atomic E-state index is 0.0112. The van der Waals surface area contributed by atoms with Gasteiger partial charge < -0.3 is 5.11 Å². The van der Waals surface area contributed by atoms with Crippen LogP contribution in [0.15, 0.2) is 23.1 Å². The van der Waals surface area contributed by atoms with E-state index in [2.05, 4.69) is 0 Å². The first-order chi connectivity index (χ1) is 10.4. The van der Waals surface area contributed by atoms with Crippen molar-refractivity contribution in [2.75, 3.05) is 13.1 Å². The highest BCUT2D eigenvalue weighted by Crippen LogP contribution is 2.28. The summed E-state index contributed by atoms with van der Waals surface area (Å²) in [6, 6.07) is 4.66. The Bertz CT molecular complexity index is 740. The van der Waals surface area contributed by atoms with E-state index in [0.29, 0.717) is 18.4 Å². The van der Waals surface area contributed by atoms with E-state index in [1.807, 2.05) is 0 Å². The number of fused-ring (bicyclic) bond motifs is 1. The molecule has 1 aliphatic heterocycles. The van der Waals surface area contributed by atoms with Gasteiger partial charge in [-0.2, -0.15) is 4.31 Å². The molecular weight excluding hydrogens is 306 g/mol. The lowest BCUT2D eigenvalue weighted by molar-refractivity contribution is -0.141. The predicted molar refractivity (Wildman–Crippen MR) is 78.2 cm³/mol. The maximum Gasteiger partial charge on any atom is 0.307 e. The maximum atomic E-state index is 12.6. The summed E-state index contributed by atoms with van der Waals surface area (Å²) in [7, 11) is -3.74. The molecule has 0 bridgehead atoms. The quantitative estimate of drug-likeness (QED) is 0.905. The first kappa shape index (κ1) is 15.2. The van der Waals surface area contributed by atoms with E-state index in [1.165, 1.54) is 16.4 Å². The monoisotopic (exact) mass is 323 g/mol. The lowest BCUT2D eigenvalue weighted by Gasteiger charge is -2.19. The Morgan fingerprint density at radius 1 is 1.27 bits per heavy atom. The molecule has 1 saturated heterocycles. The van der Waals surface area contributed by atoms with Crippen LogP contribution in [0.3, 0.4) is 0 Å². The number of hydrogen-bond donors (Lipinski definition) is 1. The number of hydrogen-bond acceptors (Lipinski definition) is 4. The molecular formula is C15H17NO5S. The Morgan fingerprint density at radius 3 is 2.73 bits per heavy atom. The summed E-state index contributed by atoms with van der Waals surface area (Å²) in [5.74, 6) is -1.66. The number of Topliss-reactive ketones (excluding diaryl/α,β-unsaturated/α-hetero) is 1. The van der Waals surface area contributed by atoms with Crippen molar-refractivity contribution in [1.82, 2.24) is 4.31 Å². The third-order valence-electron chi connectivity index (χ3n) is 4.37. The normalized spacial score (nSPS) is 22.5. The van der Waals surface area contributed by atoms with Crippen molar-refractivity contribution in [3.05, 3.63) is 29.3 Å². The Hall–Kier alpha value is -1.73. The molecule has 1 N–H and O–H groups in total. The maximum absolute atomic E-state index is 12.6. The van der Waals surface area contributed by atoms with Gasteiger partial charge in [0.1, 0.15) is 0 Å². The average molecular weight is 323 g/mol. The van der Waals surface area contributed by atoms with Crippen LogP contribution in [-0.4, -0.2) is 42.7 Å². The number of carbonyl (C=O) groups excluding carboxylic acids is 1. The average Bonchev–Trinajstić information content (AvgIpc) is 2.98. The molecule has 2 aliphatic rings. The van der Waals surface area contributed by atoms with Crippen LogP contribution >= 0.6 is 0 Å². The van der Waals surface area contributed by atoms with Gasteiger partial charge in [0.05, 0.1) is 10.8 Å². The van der Waals surface area contributed by atoms with Gasteiger partial charge in [-0.3, -0.25) is 9.59 Å². The SMILES string of the molecule is O=C1CCCc2ccc(S(=O)(=O)N3CCC(C(=O)O)C3)cc21. The van der Waals surface area contributed by atoms with E-state index in [9.17, 15) is 18.0 Å². The minimum atomic E-state index is -3.74. The van der Waals surface area contributed by atoms with Gasteiger partial charge in [-0.25, -0.2) is 8.42 Å². The molecule has 1 aliphatic carbocycles. The van der Waals surface area contributed by atoms with Gasteiger partial charge >= 0.3 is 5.97 Å². The van der Waals surface area contributed by atoms with Gasteiger partial charge in [0.15, 0.2) is 5.78 Å². The number of sulfonamides is 1. The lowest BCUT2D eigenvalue weighted by Crippen LogP contribution is -2.30. The molecule has 0 spiro atoms. The summed E-state index contributed by atoms with van der Waals surface area (Å²) in [6.45, 7) is 0.188. The smallest absolute Gasteiger partial charge is 0.307 e. The molecule has 6 nitrogen and oxygen atoms in total. The van der Waals surface area contributed by atoms with Gasteiger partial charge in [0.2, 0.25) is 10.0 Å². The number of benzene rings is 1. The molecule has 1 aromatic rings. The molecule has 1 fully saturated rings. The number of nitrogens with zero attached hydrogens (tertiary/aromatic N) is 1. The Balaban J connectivity index is 1.92. The van der Waals surface area contributed by atoms with Crippen molar-refractivity contribution in [2.24, 2.45) is 5.92 Å².